The van der Waals surface area contributed by atoms with Crippen molar-refractivity contribution in [1.82, 2.24) is 10.2 Å². The summed E-state index contributed by atoms with van der Waals surface area (Å²) in [6.45, 7) is 0.0817. The van der Waals surface area contributed by atoms with E-state index in [1.807, 2.05) is 17.5 Å². The van der Waals surface area contributed by atoms with Crippen LogP contribution in [-0.4, -0.2) is 37.4 Å². The van der Waals surface area contributed by atoms with Gasteiger partial charge in [-0.15, -0.1) is 11.3 Å². The Morgan fingerprint density at radius 2 is 1.72 bits per heavy atom. The van der Waals surface area contributed by atoms with Crippen LogP contribution in [0.2, 0.25) is 0 Å². The van der Waals surface area contributed by atoms with E-state index in [-0.39, 0.29) is 30.2 Å². The Labute approximate surface area is 173 Å². The second-order valence-corrected chi connectivity index (χ2v) is 7.69. The third-order valence-corrected chi connectivity index (χ3v) is 5.26. The average Bonchev–Trinajstić information content (AvgIpc) is 3.24. The highest BCUT2D eigenvalue weighted by molar-refractivity contribution is 7.10. The lowest BCUT2D eigenvalue weighted by Gasteiger charge is -2.18. The Balaban J connectivity index is 1.63. The number of hydrogen-bond donors (Lipinski definition) is 2. The van der Waals surface area contributed by atoms with Gasteiger partial charge in [-0.25, -0.2) is 4.39 Å². The maximum atomic E-state index is 13.3. The highest BCUT2D eigenvalue weighted by Gasteiger charge is 2.16. The monoisotopic (exact) mass is 411 g/mol. The first kappa shape index (κ1) is 20.7. The number of nitrogens with one attached hydrogen (secondary N) is 2. The molecule has 0 bridgehead atoms. The molecule has 7 heteroatoms. The number of rotatable bonds is 7. The van der Waals surface area contributed by atoms with E-state index in [9.17, 15) is 14.0 Å². The second kappa shape index (κ2) is 9.45. The Morgan fingerprint density at radius 1 is 1.03 bits per heavy atom. The number of amides is 2. The van der Waals surface area contributed by atoms with Gasteiger partial charge in [0.25, 0.3) is 5.91 Å². The van der Waals surface area contributed by atoms with Gasteiger partial charge in [-0.3, -0.25) is 14.9 Å². The SMILES string of the molecule is CN(C)C(=O)c1ccc(NC(=O)CNC(c2ccc(F)cc2)c2cccs2)cc1. The lowest BCUT2D eigenvalue weighted by molar-refractivity contribution is -0.115. The molecular weight excluding hydrogens is 389 g/mol. The lowest BCUT2D eigenvalue weighted by Crippen LogP contribution is -2.31. The standard InChI is InChI=1S/C22H22FN3O2S/c1-26(2)22(28)16-7-11-18(12-8-16)25-20(27)14-24-21(19-4-3-13-29-19)15-5-9-17(23)10-6-15/h3-13,21,24H,14H2,1-2H3,(H,25,27). The van der Waals surface area contributed by atoms with Gasteiger partial charge in [0.2, 0.25) is 5.91 Å². The summed E-state index contributed by atoms with van der Waals surface area (Å²) in [5.74, 6) is -0.601. The van der Waals surface area contributed by atoms with Gasteiger partial charge in [0.1, 0.15) is 5.82 Å². The molecule has 0 fully saturated rings. The fraction of sp³-hybridized carbons (Fsp3) is 0.182. The minimum Gasteiger partial charge on any atom is -0.345 e. The fourth-order valence-electron chi connectivity index (χ4n) is 2.85. The molecule has 3 rings (SSSR count). The number of benzene rings is 2. The van der Waals surface area contributed by atoms with Crippen molar-refractivity contribution in [3.05, 3.63) is 87.9 Å². The van der Waals surface area contributed by atoms with Gasteiger partial charge in [-0.2, -0.15) is 0 Å². The van der Waals surface area contributed by atoms with Crippen LogP contribution in [0.5, 0.6) is 0 Å². The van der Waals surface area contributed by atoms with Crippen molar-refractivity contribution in [2.45, 2.75) is 6.04 Å². The van der Waals surface area contributed by atoms with E-state index in [2.05, 4.69) is 10.6 Å². The topological polar surface area (TPSA) is 61.4 Å². The van der Waals surface area contributed by atoms with Gasteiger partial charge >= 0.3 is 0 Å². The molecule has 5 nitrogen and oxygen atoms in total. The normalized spacial score (nSPS) is 11.7. The number of halogens is 1. The molecule has 1 heterocycles. The van der Waals surface area contributed by atoms with E-state index < -0.39 is 0 Å². The minimum absolute atomic E-state index is 0.0817. The molecule has 0 aliphatic rings. The van der Waals surface area contributed by atoms with Crippen LogP contribution < -0.4 is 10.6 Å². The molecule has 2 N–H and O–H groups in total. The molecule has 29 heavy (non-hydrogen) atoms. The molecule has 1 aromatic heterocycles. The van der Waals surface area contributed by atoms with E-state index in [1.165, 1.54) is 17.0 Å². The number of hydrogen-bond acceptors (Lipinski definition) is 4. The quantitative estimate of drug-likeness (QED) is 0.620. The molecule has 0 radical (unpaired) electrons. The smallest absolute Gasteiger partial charge is 0.253 e. The maximum absolute atomic E-state index is 13.3. The van der Waals surface area contributed by atoms with Gasteiger partial charge < -0.3 is 10.2 Å². The zero-order valence-electron chi connectivity index (χ0n) is 16.2. The fourth-order valence-corrected chi connectivity index (χ4v) is 3.67. The zero-order valence-corrected chi connectivity index (χ0v) is 17.0. The average molecular weight is 412 g/mol. The molecule has 0 aliphatic carbocycles. The molecule has 2 aromatic carbocycles. The highest BCUT2D eigenvalue weighted by atomic mass is 32.1. The predicted octanol–water partition coefficient (Wildman–Crippen LogP) is 3.91. The van der Waals surface area contributed by atoms with Crippen LogP contribution in [0.1, 0.15) is 26.8 Å². The third kappa shape index (κ3) is 5.49. The van der Waals surface area contributed by atoms with Crippen LogP contribution >= 0.6 is 11.3 Å². The van der Waals surface area contributed by atoms with Crippen molar-refractivity contribution in [3.8, 4) is 0 Å². The van der Waals surface area contributed by atoms with Crippen LogP contribution in [0.25, 0.3) is 0 Å². The van der Waals surface area contributed by atoms with Crippen LogP contribution in [0.3, 0.4) is 0 Å². The number of thiophene rings is 1. The van der Waals surface area contributed by atoms with Crippen LogP contribution in [0, 0.1) is 5.82 Å². The Hall–Kier alpha value is -3.03. The summed E-state index contributed by atoms with van der Waals surface area (Å²) in [6.07, 6.45) is 0. The second-order valence-electron chi connectivity index (χ2n) is 6.71. The van der Waals surface area contributed by atoms with Gasteiger partial charge in [-0.1, -0.05) is 18.2 Å². The molecule has 0 saturated heterocycles. The van der Waals surface area contributed by atoms with Crippen molar-refractivity contribution >= 4 is 28.8 Å². The molecule has 1 unspecified atom stereocenters. The molecule has 3 aromatic rings. The Kier molecular flexibility index (Phi) is 6.74. The number of carbonyl (C=O) groups excluding carboxylic acids is 2. The summed E-state index contributed by atoms with van der Waals surface area (Å²) in [6, 6.07) is 16.7. The summed E-state index contributed by atoms with van der Waals surface area (Å²) in [5, 5.41) is 8.02. The van der Waals surface area contributed by atoms with Crippen LogP contribution in [-0.2, 0) is 4.79 Å². The largest absolute Gasteiger partial charge is 0.345 e. The first-order valence-corrected chi connectivity index (χ1v) is 9.96. The van der Waals surface area contributed by atoms with Gasteiger partial charge in [0, 0.05) is 30.2 Å². The van der Waals surface area contributed by atoms with Gasteiger partial charge in [-0.05, 0) is 53.4 Å². The number of anilines is 1. The Morgan fingerprint density at radius 3 is 2.31 bits per heavy atom. The first-order valence-electron chi connectivity index (χ1n) is 9.08. The number of nitrogens with zero attached hydrogens (tertiary/aromatic N) is 1. The van der Waals surface area contributed by atoms with Gasteiger partial charge in [0.15, 0.2) is 0 Å². The molecule has 0 aliphatic heterocycles. The molecule has 0 spiro atoms. The summed E-state index contributed by atoms with van der Waals surface area (Å²) in [5.41, 5.74) is 2.05. The molecule has 1 atom stereocenters. The number of carbonyl (C=O) groups is 2. The van der Waals surface area contributed by atoms with Crippen molar-refractivity contribution in [1.29, 1.82) is 0 Å². The Bertz CT molecular complexity index is 955. The first-order chi connectivity index (χ1) is 13.9. The summed E-state index contributed by atoms with van der Waals surface area (Å²) >= 11 is 1.57. The van der Waals surface area contributed by atoms with E-state index in [4.69, 9.17) is 0 Å². The summed E-state index contributed by atoms with van der Waals surface area (Å²) in [4.78, 5) is 26.9. The van der Waals surface area contributed by atoms with Crippen molar-refractivity contribution < 1.29 is 14.0 Å². The highest BCUT2D eigenvalue weighted by Crippen LogP contribution is 2.26. The van der Waals surface area contributed by atoms with E-state index in [1.54, 1.807) is 61.8 Å². The van der Waals surface area contributed by atoms with Crippen LogP contribution in [0.4, 0.5) is 10.1 Å². The summed E-state index contributed by atoms with van der Waals surface area (Å²) in [7, 11) is 3.38. The van der Waals surface area contributed by atoms with Crippen molar-refractivity contribution in [3.63, 3.8) is 0 Å². The van der Waals surface area contributed by atoms with Crippen molar-refractivity contribution in [2.75, 3.05) is 26.0 Å². The van der Waals surface area contributed by atoms with E-state index >= 15 is 0 Å². The van der Waals surface area contributed by atoms with E-state index in [0.29, 0.717) is 11.3 Å². The third-order valence-electron chi connectivity index (χ3n) is 4.32. The maximum Gasteiger partial charge on any atom is 0.253 e. The molecular formula is C22H22FN3O2S. The van der Waals surface area contributed by atoms with E-state index in [0.717, 1.165) is 10.4 Å². The predicted molar refractivity (Wildman–Crippen MR) is 114 cm³/mol. The molecule has 150 valence electrons. The zero-order chi connectivity index (χ0) is 20.8. The summed E-state index contributed by atoms with van der Waals surface area (Å²) < 4.78 is 13.3. The van der Waals surface area contributed by atoms with Crippen LogP contribution in [0.15, 0.2) is 66.0 Å². The lowest BCUT2D eigenvalue weighted by atomic mass is 10.1. The minimum atomic E-state index is -0.299. The molecule has 0 saturated carbocycles. The van der Waals surface area contributed by atoms with Gasteiger partial charge in [0.05, 0.1) is 12.6 Å². The molecule has 2 amide bonds. The van der Waals surface area contributed by atoms with Crippen molar-refractivity contribution in [2.24, 2.45) is 0 Å².